The summed E-state index contributed by atoms with van der Waals surface area (Å²) >= 11 is 0. The van der Waals surface area contributed by atoms with E-state index in [1.165, 1.54) is 0 Å². The Morgan fingerprint density at radius 1 is 1.19 bits per heavy atom. The summed E-state index contributed by atoms with van der Waals surface area (Å²) in [6.07, 6.45) is 2.18. The molecule has 1 aromatic heterocycles. The van der Waals surface area contributed by atoms with Crippen molar-refractivity contribution in [2.45, 2.75) is 25.8 Å². The first-order chi connectivity index (χ1) is 10.1. The minimum atomic E-state index is 0.345. The minimum Gasteiger partial charge on any atom is -0.493 e. The van der Waals surface area contributed by atoms with Gasteiger partial charge < -0.3 is 15.2 Å². The zero-order chi connectivity index (χ0) is 15.0. The molecule has 7 nitrogen and oxygen atoms in total. The number of hydrogen-bond acceptors (Lipinski definition) is 6. The Labute approximate surface area is 123 Å². The average Bonchev–Trinajstić information content (AvgIpc) is 2.92. The van der Waals surface area contributed by atoms with E-state index in [0.717, 1.165) is 24.3 Å². The summed E-state index contributed by atoms with van der Waals surface area (Å²) < 4.78 is 12.4. The van der Waals surface area contributed by atoms with Crippen LogP contribution in [0.15, 0.2) is 12.1 Å². The second-order valence-electron chi connectivity index (χ2n) is 5.47. The topological polar surface area (TPSA) is 88.1 Å². The third-order valence-electron chi connectivity index (χ3n) is 3.98. The molecule has 0 amide bonds. The van der Waals surface area contributed by atoms with Crippen molar-refractivity contribution in [1.82, 2.24) is 20.2 Å². The zero-order valence-electron chi connectivity index (χ0n) is 12.4. The van der Waals surface area contributed by atoms with E-state index < -0.39 is 0 Å². The summed E-state index contributed by atoms with van der Waals surface area (Å²) in [4.78, 5) is 0. The lowest BCUT2D eigenvalue weighted by atomic mass is 9.82. The molecular weight excluding hydrogens is 270 g/mol. The number of tetrazole rings is 1. The van der Waals surface area contributed by atoms with Crippen LogP contribution in [-0.4, -0.2) is 34.4 Å². The van der Waals surface area contributed by atoms with Crippen LogP contribution in [0.1, 0.15) is 25.8 Å². The Morgan fingerprint density at radius 2 is 1.86 bits per heavy atom. The van der Waals surface area contributed by atoms with E-state index in [0.29, 0.717) is 29.1 Å². The van der Waals surface area contributed by atoms with Crippen LogP contribution in [0.25, 0.3) is 11.4 Å². The second kappa shape index (κ2) is 5.23. The Bertz CT molecular complexity index is 649. The number of anilines is 1. The van der Waals surface area contributed by atoms with E-state index in [9.17, 15) is 0 Å². The Balaban J connectivity index is 2.03. The van der Waals surface area contributed by atoms with Crippen LogP contribution in [0.3, 0.4) is 0 Å². The van der Waals surface area contributed by atoms with E-state index >= 15 is 0 Å². The van der Waals surface area contributed by atoms with Gasteiger partial charge in [-0.05, 0) is 35.3 Å². The van der Waals surface area contributed by atoms with Gasteiger partial charge in [0.1, 0.15) is 0 Å². The highest BCUT2D eigenvalue weighted by molar-refractivity contribution is 5.75. The molecule has 1 aromatic carbocycles. The average molecular weight is 289 g/mol. The first-order valence-electron chi connectivity index (χ1n) is 6.93. The Kier molecular flexibility index (Phi) is 3.40. The van der Waals surface area contributed by atoms with Crippen molar-refractivity contribution in [3.63, 3.8) is 0 Å². The standard InChI is InChI=1S/C14H19N5O2/c1-8-4-9(5-8)19-14(16-17-18-19)10-6-12(20-2)13(21-3)7-11(10)15/h6-9H,4-5,15H2,1-3H3. The number of hydrogen-bond donors (Lipinski definition) is 1. The Hall–Kier alpha value is -2.31. The van der Waals surface area contributed by atoms with Crippen molar-refractivity contribution in [1.29, 1.82) is 0 Å². The molecule has 1 aliphatic rings. The molecule has 3 rings (SSSR count). The van der Waals surface area contributed by atoms with Crippen molar-refractivity contribution in [3.8, 4) is 22.9 Å². The lowest BCUT2D eigenvalue weighted by molar-refractivity contribution is 0.199. The van der Waals surface area contributed by atoms with Crippen LogP contribution < -0.4 is 15.2 Å². The highest BCUT2D eigenvalue weighted by Gasteiger charge is 2.30. The molecule has 1 aliphatic carbocycles. The van der Waals surface area contributed by atoms with Crippen LogP contribution in [0.2, 0.25) is 0 Å². The molecule has 2 aromatic rings. The smallest absolute Gasteiger partial charge is 0.184 e. The number of benzene rings is 1. The predicted octanol–water partition coefficient (Wildman–Crippen LogP) is 1.91. The van der Waals surface area contributed by atoms with Crippen molar-refractivity contribution in [3.05, 3.63) is 12.1 Å². The highest BCUT2D eigenvalue weighted by Crippen LogP contribution is 2.41. The maximum atomic E-state index is 6.12. The number of nitrogens with two attached hydrogens (primary N) is 1. The van der Waals surface area contributed by atoms with Crippen LogP contribution in [0, 0.1) is 5.92 Å². The fourth-order valence-corrected chi connectivity index (χ4v) is 2.76. The van der Waals surface area contributed by atoms with Crippen LogP contribution in [0.5, 0.6) is 11.5 Å². The number of aromatic nitrogens is 4. The molecule has 2 N–H and O–H groups in total. The summed E-state index contributed by atoms with van der Waals surface area (Å²) in [5, 5.41) is 12.0. The number of rotatable bonds is 4. The summed E-state index contributed by atoms with van der Waals surface area (Å²) in [6, 6.07) is 3.90. The molecule has 0 aliphatic heterocycles. The van der Waals surface area contributed by atoms with Gasteiger partial charge in [-0.15, -0.1) is 5.10 Å². The molecule has 1 fully saturated rings. The first-order valence-corrected chi connectivity index (χ1v) is 6.93. The van der Waals surface area contributed by atoms with E-state index in [4.69, 9.17) is 15.2 Å². The van der Waals surface area contributed by atoms with Gasteiger partial charge in [0, 0.05) is 17.3 Å². The molecule has 0 unspecified atom stereocenters. The normalized spacial score (nSPS) is 20.9. The second-order valence-corrected chi connectivity index (χ2v) is 5.47. The molecule has 0 radical (unpaired) electrons. The molecule has 1 heterocycles. The molecule has 21 heavy (non-hydrogen) atoms. The summed E-state index contributed by atoms with van der Waals surface area (Å²) in [5.41, 5.74) is 7.45. The van der Waals surface area contributed by atoms with Gasteiger partial charge in [0.05, 0.1) is 20.3 Å². The van der Waals surface area contributed by atoms with E-state index in [1.54, 1.807) is 20.3 Å². The van der Waals surface area contributed by atoms with Gasteiger partial charge in [0.15, 0.2) is 17.3 Å². The SMILES string of the molecule is COc1cc(N)c(-c2nnnn2C2CC(C)C2)cc1OC. The Morgan fingerprint density at radius 3 is 2.48 bits per heavy atom. The van der Waals surface area contributed by atoms with Gasteiger partial charge in [-0.3, -0.25) is 0 Å². The molecule has 0 bridgehead atoms. The van der Waals surface area contributed by atoms with Crippen molar-refractivity contribution in [2.75, 3.05) is 20.0 Å². The molecule has 112 valence electrons. The third-order valence-corrected chi connectivity index (χ3v) is 3.98. The van der Waals surface area contributed by atoms with Gasteiger partial charge in [0.2, 0.25) is 0 Å². The number of nitrogens with zero attached hydrogens (tertiary/aromatic N) is 4. The largest absolute Gasteiger partial charge is 0.493 e. The van der Waals surface area contributed by atoms with Crippen LogP contribution in [0.4, 0.5) is 5.69 Å². The summed E-state index contributed by atoms with van der Waals surface area (Å²) in [7, 11) is 3.17. The van der Waals surface area contributed by atoms with Crippen molar-refractivity contribution in [2.24, 2.45) is 5.92 Å². The van der Waals surface area contributed by atoms with Crippen LogP contribution >= 0.6 is 0 Å². The van der Waals surface area contributed by atoms with Gasteiger partial charge in [0.25, 0.3) is 0 Å². The molecule has 0 saturated heterocycles. The minimum absolute atomic E-state index is 0.345. The van der Waals surface area contributed by atoms with Crippen molar-refractivity contribution < 1.29 is 9.47 Å². The lowest BCUT2D eigenvalue weighted by Crippen LogP contribution is -2.26. The molecule has 0 atom stereocenters. The first kappa shape index (κ1) is 13.7. The van der Waals surface area contributed by atoms with Gasteiger partial charge in [-0.1, -0.05) is 6.92 Å². The maximum absolute atomic E-state index is 6.12. The van der Waals surface area contributed by atoms with E-state index in [1.807, 2.05) is 10.7 Å². The quantitative estimate of drug-likeness (QED) is 0.865. The molecule has 0 spiro atoms. The number of ether oxygens (including phenoxy) is 2. The number of methoxy groups -OCH3 is 2. The fourth-order valence-electron chi connectivity index (χ4n) is 2.76. The monoisotopic (exact) mass is 289 g/mol. The maximum Gasteiger partial charge on any atom is 0.184 e. The van der Waals surface area contributed by atoms with E-state index in [2.05, 4.69) is 22.4 Å². The third kappa shape index (κ3) is 2.28. The summed E-state index contributed by atoms with van der Waals surface area (Å²) in [5.74, 6) is 2.59. The molecule has 1 saturated carbocycles. The molecular formula is C14H19N5O2. The van der Waals surface area contributed by atoms with E-state index in [-0.39, 0.29) is 0 Å². The van der Waals surface area contributed by atoms with Gasteiger partial charge in [-0.2, -0.15) is 0 Å². The van der Waals surface area contributed by atoms with Gasteiger partial charge >= 0.3 is 0 Å². The fraction of sp³-hybridized carbons (Fsp3) is 0.500. The zero-order valence-corrected chi connectivity index (χ0v) is 12.4. The van der Waals surface area contributed by atoms with Crippen LogP contribution in [-0.2, 0) is 0 Å². The number of nitrogen functional groups attached to an aromatic ring is 1. The lowest BCUT2D eigenvalue weighted by Gasteiger charge is -2.32. The summed E-state index contributed by atoms with van der Waals surface area (Å²) in [6.45, 7) is 2.23. The van der Waals surface area contributed by atoms with Gasteiger partial charge in [-0.25, -0.2) is 4.68 Å². The van der Waals surface area contributed by atoms with Crippen molar-refractivity contribution >= 4 is 5.69 Å². The predicted molar refractivity (Wildman–Crippen MR) is 78.2 cm³/mol. The molecule has 7 heteroatoms. The highest BCUT2D eigenvalue weighted by atomic mass is 16.5.